The molecule has 2 aliphatic heterocycles. The predicted molar refractivity (Wildman–Crippen MR) is 106 cm³/mol. The molecule has 1 saturated carbocycles. The molecule has 1 aliphatic carbocycles. The van der Waals surface area contributed by atoms with E-state index in [-0.39, 0.29) is 5.91 Å². The molecule has 26 heavy (non-hydrogen) atoms. The van der Waals surface area contributed by atoms with E-state index in [1.54, 1.807) is 4.90 Å². The predicted octanol–water partition coefficient (Wildman–Crippen LogP) is 4.26. The molecule has 2 aromatic carbocycles. The average Bonchev–Trinajstić information content (AvgIpc) is 3.26. The summed E-state index contributed by atoms with van der Waals surface area (Å²) in [6.07, 6.45) is 5.13. The Bertz CT molecular complexity index is 932. The van der Waals surface area contributed by atoms with Gasteiger partial charge in [-0.15, -0.1) is 0 Å². The molecule has 2 aromatic rings. The largest absolute Gasteiger partial charge is 0.493 e. The molecule has 5 rings (SSSR count). The van der Waals surface area contributed by atoms with Crippen molar-refractivity contribution in [3.8, 4) is 5.75 Å². The molecule has 0 bridgehead atoms. The summed E-state index contributed by atoms with van der Waals surface area (Å²) in [6.45, 7) is 0.739. The second kappa shape index (κ2) is 6.32. The van der Waals surface area contributed by atoms with Crippen LogP contribution in [0.1, 0.15) is 24.0 Å². The molecular formula is C21H18N2O2S. The number of aliphatic imine (C=N–C) groups is 1. The summed E-state index contributed by atoms with van der Waals surface area (Å²) < 4.78 is 5.57. The van der Waals surface area contributed by atoms with E-state index in [9.17, 15) is 4.79 Å². The lowest BCUT2D eigenvalue weighted by Gasteiger charge is -2.15. The van der Waals surface area contributed by atoms with Crippen molar-refractivity contribution in [3.63, 3.8) is 0 Å². The Morgan fingerprint density at radius 2 is 2.00 bits per heavy atom. The number of nitrogens with zero attached hydrogens (tertiary/aromatic N) is 2. The molecule has 3 aliphatic rings. The lowest BCUT2D eigenvalue weighted by molar-refractivity contribution is -0.113. The van der Waals surface area contributed by atoms with Gasteiger partial charge < -0.3 is 4.74 Å². The van der Waals surface area contributed by atoms with E-state index >= 15 is 0 Å². The summed E-state index contributed by atoms with van der Waals surface area (Å²) in [7, 11) is 0. The Kier molecular flexibility index (Phi) is 3.82. The zero-order valence-corrected chi connectivity index (χ0v) is 15.0. The third kappa shape index (κ3) is 2.92. The molecular weight excluding hydrogens is 344 g/mol. The molecule has 0 atom stereocenters. The van der Waals surface area contributed by atoms with Crippen LogP contribution in [0, 0.1) is 0 Å². The lowest BCUT2D eigenvalue weighted by atomic mass is 10.1. The van der Waals surface area contributed by atoms with Crippen LogP contribution in [0.2, 0.25) is 0 Å². The maximum atomic E-state index is 13.1. The summed E-state index contributed by atoms with van der Waals surface area (Å²) in [5, 5.41) is 0.791. The molecule has 2 fully saturated rings. The summed E-state index contributed by atoms with van der Waals surface area (Å²) in [6, 6.07) is 16.3. The maximum absolute atomic E-state index is 13.1. The van der Waals surface area contributed by atoms with Gasteiger partial charge in [-0.05, 0) is 66.1 Å². The van der Waals surface area contributed by atoms with Crippen LogP contribution >= 0.6 is 11.8 Å². The van der Waals surface area contributed by atoms with Crippen LogP contribution in [0.3, 0.4) is 0 Å². The number of amides is 1. The molecule has 0 aromatic heterocycles. The van der Waals surface area contributed by atoms with Crippen molar-refractivity contribution < 1.29 is 9.53 Å². The third-order valence-corrected chi connectivity index (χ3v) is 5.65. The highest BCUT2D eigenvalue weighted by atomic mass is 32.2. The number of fused-ring (bicyclic) bond motifs is 1. The zero-order chi connectivity index (χ0) is 17.5. The number of hydrogen-bond donors (Lipinski definition) is 0. The zero-order valence-electron chi connectivity index (χ0n) is 14.2. The summed E-state index contributed by atoms with van der Waals surface area (Å²) in [4.78, 5) is 20.3. The molecule has 1 amide bonds. The highest BCUT2D eigenvalue weighted by molar-refractivity contribution is 8.19. The number of anilines is 1. The van der Waals surface area contributed by atoms with Gasteiger partial charge in [-0.2, -0.15) is 0 Å². The van der Waals surface area contributed by atoms with Gasteiger partial charge in [0.25, 0.3) is 5.91 Å². The van der Waals surface area contributed by atoms with Gasteiger partial charge in [-0.1, -0.05) is 24.3 Å². The molecule has 5 heteroatoms. The van der Waals surface area contributed by atoms with Crippen molar-refractivity contribution in [2.45, 2.75) is 25.3 Å². The van der Waals surface area contributed by atoms with Crippen molar-refractivity contribution in [1.82, 2.24) is 0 Å². The normalized spacial score (nSPS) is 22.2. The van der Waals surface area contributed by atoms with Crippen LogP contribution in [-0.2, 0) is 11.2 Å². The average molecular weight is 362 g/mol. The third-order valence-electron chi connectivity index (χ3n) is 4.67. The molecule has 2 heterocycles. The highest BCUT2D eigenvalue weighted by Crippen LogP contribution is 2.38. The quantitative estimate of drug-likeness (QED) is 0.766. The van der Waals surface area contributed by atoms with Gasteiger partial charge in [-0.25, -0.2) is 0 Å². The van der Waals surface area contributed by atoms with Crippen LogP contribution < -0.4 is 9.64 Å². The van der Waals surface area contributed by atoms with Gasteiger partial charge in [0.2, 0.25) is 0 Å². The van der Waals surface area contributed by atoms with E-state index in [1.165, 1.54) is 17.3 Å². The monoisotopic (exact) mass is 362 g/mol. The Hall–Kier alpha value is -2.53. The van der Waals surface area contributed by atoms with Crippen molar-refractivity contribution >= 4 is 34.6 Å². The first-order chi connectivity index (χ1) is 12.8. The number of para-hydroxylation sites is 1. The van der Waals surface area contributed by atoms with Crippen LogP contribution in [0.4, 0.5) is 5.69 Å². The molecule has 130 valence electrons. The first-order valence-corrected chi connectivity index (χ1v) is 9.72. The fourth-order valence-corrected chi connectivity index (χ4v) is 4.22. The van der Waals surface area contributed by atoms with E-state index in [0.717, 1.165) is 48.0 Å². The van der Waals surface area contributed by atoms with Gasteiger partial charge in [0.05, 0.1) is 23.2 Å². The number of rotatable bonds is 3. The fourth-order valence-electron chi connectivity index (χ4n) is 3.17. The Morgan fingerprint density at radius 1 is 1.15 bits per heavy atom. The first-order valence-electron chi connectivity index (χ1n) is 8.90. The van der Waals surface area contributed by atoms with Crippen molar-refractivity contribution in [2.75, 3.05) is 11.5 Å². The highest BCUT2D eigenvalue weighted by Gasteiger charge is 2.36. The van der Waals surface area contributed by atoms with E-state index in [0.29, 0.717) is 10.9 Å². The smallest absolute Gasteiger partial charge is 0.271 e. The number of thioether (sulfide) groups is 1. The summed E-state index contributed by atoms with van der Waals surface area (Å²) in [5.41, 5.74) is 3.11. The second-order valence-electron chi connectivity index (χ2n) is 6.70. The van der Waals surface area contributed by atoms with E-state index < -0.39 is 0 Å². The van der Waals surface area contributed by atoms with Gasteiger partial charge >= 0.3 is 0 Å². The van der Waals surface area contributed by atoms with Crippen molar-refractivity contribution in [1.29, 1.82) is 0 Å². The summed E-state index contributed by atoms with van der Waals surface area (Å²) >= 11 is 1.47. The van der Waals surface area contributed by atoms with Gasteiger partial charge in [0, 0.05) is 6.42 Å². The standard InChI is InChI=1S/C21H18N2O2S/c24-20-19(13-14-6-9-18-15(12-14)10-11-25-18)26-21(22-16-7-8-16)23(20)17-4-2-1-3-5-17/h1-6,9,12-13,16H,7-8,10-11H2/b19-13-,22-21-. The van der Waals surface area contributed by atoms with Crippen molar-refractivity contribution in [3.05, 3.63) is 64.6 Å². The molecule has 4 nitrogen and oxygen atoms in total. The number of hydrogen-bond acceptors (Lipinski definition) is 4. The Labute approximate surface area is 156 Å². The van der Waals surface area contributed by atoms with Gasteiger partial charge in [0.15, 0.2) is 5.17 Å². The number of benzene rings is 2. The molecule has 1 saturated heterocycles. The van der Waals surface area contributed by atoms with E-state index in [1.807, 2.05) is 48.5 Å². The van der Waals surface area contributed by atoms with Crippen LogP contribution in [0.15, 0.2) is 58.4 Å². The minimum atomic E-state index is -0.00246. The Morgan fingerprint density at radius 3 is 2.81 bits per heavy atom. The van der Waals surface area contributed by atoms with Gasteiger partial charge in [-0.3, -0.25) is 14.7 Å². The van der Waals surface area contributed by atoms with Crippen LogP contribution in [-0.4, -0.2) is 23.7 Å². The first kappa shape index (κ1) is 15.7. The SMILES string of the molecule is O=C1/C(=C/c2ccc3c(c2)CCO3)S/C(=N\C2CC2)N1c1ccccc1. The minimum absolute atomic E-state index is 0.00246. The van der Waals surface area contributed by atoms with E-state index in [2.05, 4.69) is 6.07 Å². The number of carbonyl (C=O) groups excluding carboxylic acids is 1. The Balaban J connectivity index is 1.51. The second-order valence-corrected chi connectivity index (χ2v) is 7.70. The van der Waals surface area contributed by atoms with Crippen LogP contribution in [0.25, 0.3) is 6.08 Å². The molecule has 0 radical (unpaired) electrons. The fraction of sp³-hybridized carbons (Fsp3) is 0.238. The van der Waals surface area contributed by atoms with Crippen molar-refractivity contribution in [2.24, 2.45) is 4.99 Å². The molecule has 0 N–H and O–H groups in total. The lowest BCUT2D eigenvalue weighted by Crippen LogP contribution is -2.29. The minimum Gasteiger partial charge on any atom is -0.493 e. The number of amidine groups is 1. The number of carbonyl (C=O) groups is 1. The topological polar surface area (TPSA) is 41.9 Å². The number of ether oxygens (including phenoxy) is 1. The molecule has 0 spiro atoms. The van der Waals surface area contributed by atoms with Crippen LogP contribution in [0.5, 0.6) is 5.75 Å². The summed E-state index contributed by atoms with van der Waals surface area (Å²) in [5.74, 6) is 0.955. The molecule has 0 unspecified atom stereocenters. The van der Waals surface area contributed by atoms with E-state index in [4.69, 9.17) is 9.73 Å². The van der Waals surface area contributed by atoms with Gasteiger partial charge in [0.1, 0.15) is 5.75 Å². The maximum Gasteiger partial charge on any atom is 0.271 e.